The minimum Gasteiger partial charge on any atom is -0.462 e. The highest BCUT2D eigenvalue weighted by Crippen LogP contribution is 2.36. The number of thiophene rings is 1. The van der Waals surface area contributed by atoms with E-state index in [1.807, 2.05) is 42.6 Å². The van der Waals surface area contributed by atoms with E-state index in [0.29, 0.717) is 10.6 Å². The van der Waals surface area contributed by atoms with Gasteiger partial charge in [0.1, 0.15) is 10.6 Å². The second-order valence-corrected chi connectivity index (χ2v) is 6.04. The lowest BCUT2D eigenvalue weighted by atomic mass is 10.0. The molecule has 1 aromatic carbocycles. The molecule has 5 nitrogen and oxygen atoms in total. The number of ether oxygens (including phenoxy) is 1. The van der Waals surface area contributed by atoms with Gasteiger partial charge in [-0.1, -0.05) is 37.3 Å². The van der Waals surface area contributed by atoms with Crippen molar-refractivity contribution in [3.63, 3.8) is 0 Å². The van der Waals surface area contributed by atoms with E-state index in [1.54, 1.807) is 6.92 Å². The molecule has 128 valence electrons. The van der Waals surface area contributed by atoms with Crippen molar-refractivity contribution in [3.05, 3.63) is 41.3 Å². The van der Waals surface area contributed by atoms with Gasteiger partial charge in [-0.05, 0) is 25.5 Å². The largest absolute Gasteiger partial charge is 0.462 e. The maximum absolute atomic E-state index is 12.4. The van der Waals surface area contributed by atoms with Gasteiger partial charge in [0.25, 0.3) is 0 Å². The molecule has 0 radical (unpaired) electrons. The van der Waals surface area contributed by atoms with Gasteiger partial charge in [0.2, 0.25) is 5.91 Å². The van der Waals surface area contributed by atoms with Crippen molar-refractivity contribution in [1.29, 1.82) is 0 Å². The Bertz CT molecular complexity index is 683. The van der Waals surface area contributed by atoms with E-state index in [-0.39, 0.29) is 19.1 Å². The smallest absolute Gasteiger partial charge is 0.341 e. The van der Waals surface area contributed by atoms with Crippen molar-refractivity contribution in [2.24, 2.45) is 0 Å². The Morgan fingerprint density at radius 1 is 1.17 bits per heavy atom. The Hall–Kier alpha value is -2.18. The first-order valence-corrected chi connectivity index (χ1v) is 8.89. The molecule has 0 bridgehead atoms. The van der Waals surface area contributed by atoms with E-state index in [1.165, 1.54) is 11.3 Å². The third-order valence-corrected chi connectivity index (χ3v) is 4.22. The summed E-state index contributed by atoms with van der Waals surface area (Å²) in [7, 11) is 0. The Labute approximate surface area is 146 Å². The summed E-state index contributed by atoms with van der Waals surface area (Å²) in [4.78, 5) is 24.4. The highest BCUT2D eigenvalue weighted by Gasteiger charge is 2.22. The molecule has 0 spiro atoms. The first kappa shape index (κ1) is 18.2. The molecule has 2 rings (SSSR count). The van der Waals surface area contributed by atoms with Crippen LogP contribution in [0.2, 0.25) is 0 Å². The van der Waals surface area contributed by atoms with Crippen LogP contribution < -0.4 is 10.6 Å². The van der Waals surface area contributed by atoms with Crippen LogP contribution in [0.1, 0.15) is 30.6 Å². The van der Waals surface area contributed by atoms with Gasteiger partial charge in [-0.25, -0.2) is 4.79 Å². The van der Waals surface area contributed by atoms with Gasteiger partial charge in [0.05, 0.1) is 13.2 Å². The number of carbonyl (C=O) groups is 2. The van der Waals surface area contributed by atoms with E-state index in [0.717, 1.165) is 24.1 Å². The third-order valence-electron chi connectivity index (χ3n) is 3.32. The minimum absolute atomic E-state index is 0.171. The summed E-state index contributed by atoms with van der Waals surface area (Å²) in [6.45, 7) is 5.08. The SMILES string of the molecule is CCCNCC(=O)Nc1scc(-c2ccccc2)c1C(=O)OCC. The van der Waals surface area contributed by atoms with E-state index in [9.17, 15) is 9.59 Å². The summed E-state index contributed by atoms with van der Waals surface area (Å²) < 4.78 is 5.17. The van der Waals surface area contributed by atoms with Crippen molar-refractivity contribution >= 4 is 28.2 Å². The van der Waals surface area contributed by atoms with E-state index in [4.69, 9.17) is 4.74 Å². The molecule has 1 amide bonds. The molecule has 1 aromatic heterocycles. The zero-order valence-corrected chi connectivity index (χ0v) is 14.7. The molecular formula is C18H22N2O3S. The predicted octanol–water partition coefficient (Wildman–Crippen LogP) is 3.53. The summed E-state index contributed by atoms with van der Waals surface area (Å²) in [5.74, 6) is -0.593. The number of hydrogen-bond donors (Lipinski definition) is 2. The number of carbonyl (C=O) groups excluding carboxylic acids is 2. The van der Waals surface area contributed by atoms with Gasteiger partial charge in [0.15, 0.2) is 0 Å². The Morgan fingerprint density at radius 3 is 2.58 bits per heavy atom. The van der Waals surface area contributed by atoms with Crippen LogP contribution in [0.4, 0.5) is 5.00 Å². The van der Waals surface area contributed by atoms with Crippen LogP contribution in [0.5, 0.6) is 0 Å². The molecule has 0 unspecified atom stereocenters. The number of rotatable bonds is 8. The lowest BCUT2D eigenvalue weighted by molar-refractivity contribution is -0.115. The number of nitrogens with one attached hydrogen (secondary N) is 2. The monoisotopic (exact) mass is 346 g/mol. The number of hydrogen-bond acceptors (Lipinski definition) is 5. The van der Waals surface area contributed by atoms with Gasteiger partial charge in [0, 0.05) is 10.9 Å². The maximum atomic E-state index is 12.4. The van der Waals surface area contributed by atoms with Gasteiger partial charge >= 0.3 is 5.97 Å². The molecule has 1 heterocycles. The average molecular weight is 346 g/mol. The molecule has 0 atom stereocenters. The van der Waals surface area contributed by atoms with Crippen molar-refractivity contribution in [1.82, 2.24) is 5.32 Å². The molecule has 0 aliphatic carbocycles. The average Bonchev–Trinajstić information content (AvgIpc) is 2.99. The molecule has 0 aliphatic rings. The standard InChI is InChI=1S/C18H22N2O3S/c1-3-10-19-11-15(21)20-17-16(18(22)23-4-2)14(12-24-17)13-8-6-5-7-9-13/h5-9,12,19H,3-4,10-11H2,1-2H3,(H,20,21). The van der Waals surface area contributed by atoms with Gasteiger partial charge in [-0.3, -0.25) is 4.79 Å². The molecule has 0 saturated heterocycles. The Morgan fingerprint density at radius 2 is 1.92 bits per heavy atom. The van der Waals surface area contributed by atoms with Gasteiger partial charge in [-0.2, -0.15) is 0 Å². The first-order chi connectivity index (χ1) is 11.7. The summed E-state index contributed by atoms with van der Waals surface area (Å²) in [5, 5.41) is 8.25. The van der Waals surface area contributed by atoms with Crippen LogP contribution in [-0.2, 0) is 9.53 Å². The highest BCUT2D eigenvalue weighted by molar-refractivity contribution is 7.15. The third kappa shape index (κ3) is 4.66. The summed E-state index contributed by atoms with van der Waals surface area (Å²) in [5.41, 5.74) is 2.11. The fraction of sp³-hybridized carbons (Fsp3) is 0.333. The quantitative estimate of drug-likeness (QED) is 0.567. The lowest BCUT2D eigenvalue weighted by Crippen LogP contribution is -2.28. The van der Waals surface area contributed by atoms with Crippen molar-refractivity contribution < 1.29 is 14.3 Å². The molecular weight excluding hydrogens is 324 g/mol. The molecule has 0 saturated carbocycles. The Kier molecular flexibility index (Phi) is 6.96. The van der Waals surface area contributed by atoms with Crippen LogP contribution in [0, 0.1) is 0 Å². The summed E-state index contributed by atoms with van der Waals surface area (Å²) in [6, 6.07) is 9.60. The molecule has 0 fully saturated rings. The fourth-order valence-electron chi connectivity index (χ4n) is 2.24. The number of esters is 1. The normalized spacial score (nSPS) is 10.4. The predicted molar refractivity (Wildman–Crippen MR) is 97.5 cm³/mol. The number of anilines is 1. The van der Waals surface area contributed by atoms with Crippen LogP contribution in [0.25, 0.3) is 11.1 Å². The summed E-state index contributed by atoms with van der Waals surface area (Å²) >= 11 is 1.33. The van der Waals surface area contributed by atoms with Crippen molar-refractivity contribution in [3.8, 4) is 11.1 Å². The zero-order valence-electron chi connectivity index (χ0n) is 13.9. The van der Waals surface area contributed by atoms with Crippen molar-refractivity contribution in [2.45, 2.75) is 20.3 Å². The Balaban J connectivity index is 2.26. The maximum Gasteiger partial charge on any atom is 0.341 e. The van der Waals surface area contributed by atoms with Gasteiger partial charge < -0.3 is 15.4 Å². The van der Waals surface area contributed by atoms with E-state index >= 15 is 0 Å². The number of amides is 1. The van der Waals surface area contributed by atoms with Crippen LogP contribution in [0.15, 0.2) is 35.7 Å². The molecule has 6 heteroatoms. The van der Waals surface area contributed by atoms with Crippen LogP contribution >= 0.6 is 11.3 Å². The fourth-order valence-corrected chi connectivity index (χ4v) is 3.21. The molecule has 24 heavy (non-hydrogen) atoms. The van der Waals surface area contributed by atoms with Crippen LogP contribution in [0.3, 0.4) is 0 Å². The topological polar surface area (TPSA) is 67.4 Å². The second-order valence-electron chi connectivity index (χ2n) is 5.16. The molecule has 2 N–H and O–H groups in total. The second kappa shape index (κ2) is 9.20. The number of benzene rings is 1. The van der Waals surface area contributed by atoms with Crippen LogP contribution in [-0.4, -0.2) is 31.6 Å². The highest BCUT2D eigenvalue weighted by atomic mass is 32.1. The summed E-state index contributed by atoms with van der Waals surface area (Å²) in [6.07, 6.45) is 0.957. The first-order valence-electron chi connectivity index (χ1n) is 8.02. The molecule has 2 aromatic rings. The van der Waals surface area contributed by atoms with E-state index in [2.05, 4.69) is 10.6 Å². The lowest BCUT2D eigenvalue weighted by Gasteiger charge is -2.09. The van der Waals surface area contributed by atoms with Crippen molar-refractivity contribution in [2.75, 3.05) is 25.0 Å². The molecule has 0 aliphatic heterocycles. The van der Waals surface area contributed by atoms with E-state index < -0.39 is 5.97 Å². The van der Waals surface area contributed by atoms with Gasteiger partial charge in [-0.15, -0.1) is 11.3 Å². The minimum atomic E-state index is -0.422. The zero-order chi connectivity index (χ0) is 17.4.